The molecule has 0 aliphatic carbocycles. The van der Waals surface area contributed by atoms with Gasteiger partial charge in [0.05, 0.1) is 5.51 Å². The molecular weight excluding hydrogens is 144 g/mol. The summed E-state index contributed by atoms with van der Waals surface area (Å²) in [6.45, 7) is 4.36. The number of thiazole rings is 1. The van der Waals surface area contributed by atoms with Crippen LogP contribution < -0.4 is 5.73 Å². The van der Waals surface area contributed by atoms with Crippen molar-refractivity contribution in [1.29, 1.82) is 0 Å². The summed E-state index contributed by atoms with van der Waals surface area (Å²) in [4.78, 5) is 5.18. The molecule has 0 aromatic carbocycles. The second kappa shape index (κ2) is 3.01. The molecule has 0 fully saturated rings. The molecule has 3 heteroatoms. The molecule has 2 nitrogen and oxygen atoms in total. The Morgan fingerprint density at radius 2 is 2.40 bits per heavy atom. The number of nitrogens with two attached hydrogens (primary N) is 1. The van der Waals surface area contributed by atoms with Crippen LogP contribution in [0, 0.1) is 5.92 Å². The predicted octanol–water partition coefficient (Wildman–Crippen LogP) is 1.92. The molecule has 0 aliphatic heterocycles. The Morgan fingerprint density at radius 1 is 1.70 bits per heavy atom. The van der Waals surface area contributed by atoms with Crippen molar-refractivity contribution in [2.45, 2.75) is 20.3 Å². The third-order valence-corrected chi connectivity index (χ3v) is 2.14. The van der Waals surface area contributed by atoms with Gasteiger partial charge in [-0.2, -0.15) is 0 Å². The Morgan fingerprint density at radius 3 is 2.80 bits per heavy atom. The van der Waals surface area contributed by atoms with Crippen LogP contribution in [0.15, 0.2) is 5.51 Å². The fourth-order valence-electron chi connectivity index (χ4n) is 0.803. The van der Waals surface area contributed by atoms with Gasteiger partial charge in [0.15, 0.2) is 0 Å². The third kappa shape index (κ3) is 1.70. The molecule has 0 saturated heterocycles. The molecule has 10 heavy (non-hydrogen) atoms. The summed E-state index contributed by atoms with van der Waals surface area (Å²) in [5.41, 5.74) is 7.39. The second-order valence-electron chi connectivity index (χ2n) is 2.76. The van der Waals surface area contributed by atoms with E-state index in [4.69, 9.17) is 5.73 Å². The van der Waals surface area contributed by atoms with Gasteiger partial charge in [0.25, 0.3) is 0 Å². The number of nitrogen functional groups attached to an aromatic ring is 1. The van der Waals surface area contributed by atoms with E-state index in [1.807, 2.05) is 0 Å². The molecule has 1 aromatic rings. The third-order valence-electron chi connectivity index (χ3n) is 1.27. The molecule has 0 amide bonds. The summed E-state index contributed by atoms with van der Waals surface area (Å²) in [7, 11) is 0. The Labute approximate surface area is 65.1 Å². The van der Waals surface area contributed by atoms with Crippen molar-refractivity contribution < 1.29 is 0 Å². The van der Waals surface area contributed by atoms with Gasteiger partial charge in [-0.05, 0) is 12.3 Å². The SMILES string of the molecule is CC(C)Cc1scnc1N. The molecule has 0 atom stereocenters. The largest absolute Gasteiger partial charge is 0.383 e. The zero-order valence-corrected chi connectivity index (χ0v) is 7.11. The van der Waals surface area contributed by atoms with Crippen LogP contribution in [-0.2, 0) is 6.42 Å². The molecule has 0 saturated carbocycles. The van der Waals surface area contributed by atoms with E-state index in [0.29, 0.717) is 11.7 Å². The van der Waals surface area contributed by atoms with Crippen molar-refractivity contribution in [2.24, 2.45) is 5.92 Å². The smallest absolute Gasteiger partial charge is 0.137 e. The molecule has 1 aromatic heterocycles. The lowest BCUT2D eigenvalue weighted by Crippen LogP contribution is -1.95. The lowest BCUT2D eigenvalue weighted by atomic mass is 10.1. The van der Waals surface area contributed by atoms with Crippen LogP contribution in [0.4, 0.5) is 5.82 Å². The van der Waals surface area contributed by atoms with Crippen LogP contribution in [0.3, 0.4) is 0 Å². The highest BCUT2D eigenvalue weighted by Gasteiger charge is 2.03. The van der Waals surface area contributed by atoms with Gasteiger partial charge in [-0.25, -0.2) is 4.98 Å². The van der Waals surface area contributed by atoms with Crippen LogP contribution in [0.1, 0.15) is 18.7 Å². The maximum Gasteiger partial charge on any atom is 0.137 e. The van der Waals surface area contributed by atoms with E-state index in [9.17, 15) is 0 Å². The number of nitrogens with zero attached hydrogens (tertiary/aromatic N) is 1. The molecule has 0 spiro atoms. The summed E-state index contributed by atoms with van der Waals surface area (Å²) < 4.78 is 0. The maximum atomic E-state index is 5.59. The van der Waals surface area contributed by atoms with Gasteiger partial charge in [0.2, 0.25) is 0 Å². The standard InChI is InChI=1S/C7H12N2S/c1-5(2)3-6-7(8)9-4-10-6/h4-5H,3,8H2,1-2H3. The minimum Gasteiger partial charge on any atom is -0.383 e. The van der Waals surface area contributed by atoms with Crippen molar-refractivity contribution >= 4 is 17.2 Å². The van der Waals surface area contributed by atoms with Crippen LogP contribution in [0.25, 0.3) is 0 Å². The number of hydrogen-bond acceptors (Lipinski definition) is 3. The van der Waals surface area contributed by atoms with Gasteiger partial charge in [-0.15, -0.1) is 11.3 Å². The first-order valence-electron chi connectivity index (χ1n) is 3.38. The number of rotatable bonds is 2. The molecule has 2 N–H and O–H groups in total. The average molecular weight is 156 g/mol. The van der Waals surface area contributed by atoms with Gasteiger partial charge in [0.1, 0.15) is 5.82 Å². The number of aromatic nitrogens is 1. The van der Waals surface area contributed by atoms with Crippen molar-refractivity contribution in [3.8, 4) is 0 Å². The van der Waals surface area contributed by atoms with Crippen molar-refractivity contribution in [3.63, 3.8) is 0 Å². The minimum absolute atomic E-state index is 0.669. The fourth-order valence-corrected chi connectivity index (χ4v) is 1.70. The van der Waals surface area contributed by atoms with E-state index in [1.165, 1.54) is 4.88 Å². The van der Waals surface area contributed by atoms with Crippen LogP contribution >= 0.6 is 11.3 Å². The fraction of sp³-hybridized carbons (Fsp3) is 0.571. The van der Waals surface area contributed by atoms with Gasteiger partial charge < -0.3 is 5.73 Å². The first-order chi connectivity index (χ1) is 4.70. The summed E-state index contributed by atoms with van der Waals surface area (Å²) in [5.74, 6) is 1.38. The summed E-state index contributed by atoms with van der Waals surface area (Å²) in [5, 5.41) is 0. The molecule has 0 radical (unpaired) electrons. The van der Waals surface area contributed by atoms with Gasteiger partial charge in [-0.1, -0.05) is 13.8 Å². The predicted molar refractivity (Wildman–Crippen MR) is 45.1 cm³/mol. The van der Waals surface area contributed by atoms with Gasteiger partial charge in [0, 0.05) is 4.88 Å². The minimum atomic E-state index is 0.669. The molecular formula is C7H12N2S. The lowest BCUT2D eigenvalue weighted by molar-refractivity contribution is 0.654. The van der Waals surface area contributed by atoms with E-state index in [-0.39, 0.29) is 0 Å². The second-order valence-corrected chi connectivity index (χ2v) is 3.70. The lowest BCUT2D eigenvalue weighted by Gasteiger charge is -2.00. The van der Waals surface area contributed by atoms with E-state index in [2.05, 4.69) is 18.8 Å². The normalized spacial score (nSPS) is 10.7. The number of hydrogen-bond donors (Lipinski definition) is 1. The molecule has 1 rings (SSSR count). The van der Waals surface area contributed by atoms with Crippen molar-refractivity contribution in [1.82, 2.24) is 4.98 Å². The van der Waals surface area contributed by atoms with Crippen LogP contribution in [-0.4, -0.2) is 4.98 Å². The first-order valence-corrected chi connectivity index (χ1v) is 4.26. The summed E-state index contributed by atoms with van der Waals surface area (Å²) in [6.07, 6.45) is 1.05. The molecule has 1 heterocycles. The monoisotopic (exact) mass is 156 g/mol. The molecule has 0 unspecified atom stereocenters. The van der Waals surface area contributed by atoms with Gasteiger partial charge in [-0.3, -0.25) is 0 Å². The Balaban J connectivity index is 2.65. The number of anilines is 1. The van der Waals surface area contributed by atoms with Crippen molar-refractivity contribution in [2.75, 3.05) is 5.73 Å². The molecule has 0 bridgehead atoms. The summed E-state index contributed by atoms with van der Waals surface area (Å²) >= 11 is 1.64. The van der Waals surface area contributed by atoms with Crippen LogP contribution in [0.5, 0.6) is 0 Å². The average Bonchev–Trinajstić information content (AvgIpc) is 2.15. The van der Waals surface area contributed by atoms with E-state index < -0.39 is 0 Å². The van der Waals surface area contributed by atoms with Crippen LogP contribution in [0.2, 0.25) is 0 Å². The molecule has 0 aliphatic rings. The zero-order valence-electron chi connectivity index (χ0n) is 6.29. The zero-order chi connectivity index (χ0) is 7.56. The van der Waals surface area contributed by atoms with E-state index in [1.54, 1.807) is 16.8 Å². The Kier molecular flexibility index (Phi) is 2.27. The first kappa shape index (κ1) is 7.54. The van der Waals surface area contributed by atoms with Crippen molar-refractivity contribution in [3.05, 3.63) is 10.4 Å². The highest BCUT2D eigenvalue weighted by Crippen LogP contribution is 2.18. The maximum absolute atomic E-state index is 5.59. The highest BCUT2D eigenvalue weighted by molar-refractivity contribution is 7.10. The quantitative estimate of drug-likeness (QED) is 0.710. The highest BCUT2D eigenvalue weighted by atomic mass is 32.1. The molecule has 56 valence electrons. The van der Waals surface area contributed by atoms with E-state index in [0.717, 1.165) is 6.42 Å². The Bertz CT molecular complexity index is 205. The van der Waals surface area contributed by atoms with Gasteiger partial charge >= 0.3 is 0 Å². The summed E-state index contributed by atoms with van der Waals surface area (Å²) in [6, 6.07) is 0. The Hall–Kier alpha value is -0.570. The van der Waals surface area contributed by atoms with E-state index >= 15 is 0 Å². The topological polar surface area (TPSA) is 38.9 Å².